The second-order valence-corrected chi connectivity index (χ2v) is 4.63. The minimum absolute atomic E-state index is 0.799. The van der Waals surface area contributed by atoms with Gasteiger partial charge >= 0.3 is 0 Å². The Labute approximate surface area is 98.4 Å². The fourth-order valence-electron chi connectivity index (χ4n) is 1.07. The molecule has 0 saturated carbocycles. The fraction of sp³-hybridized carbons (Fsp3) is 0.111. The minimum atomic E-state index is 0.799. The Bertz CT molecular complexity index is 465. The summed E-state index contributed by atoms with van der Waals surface area (Å²) in [5.74, 6) is 0.799. The molecule has 14 heavy (non-hydrogen) atoms. The number of pyridine rings is 1. The van der Waals surface area contributed by atoms with E-state index in [0.717, 1.165) is 20.3 Å². The molecule has 0 aromatic carbocycles. The molecule has 0 N–H and O–H groups in total. The largest absolute Gasteiger partial charge is 0.236 e. The average Bonchev–Trinajstić information content (AvgIpc) is 2.57. The molecule has 0 spiro atoms. The summed E-state index contributed by atoms with van der Waals surface area (Å²) in [6.45, 7) is 2.00. The van der Waals surface area contributed by atoms with Gasteiger partial charge in [-0.05, 0) is 50.4 Å². The van der Waals surface area contributed by atoms with E-state index in [4.69, 9.17) is 0 Å². The van der Waals surface area contributed by atoms with Crippen LogP contribution in [0.15, 0.2) is 33.6 Å². The topological polar surface area (TPSA) is 30.7 Å². The molecular weight excluding hydrogens is 310 g/mol. The van der Waals surface area contributed by atoms with Crippen molar-refractivity contribution >= 4 is 31.9 Å². The van der Waals surface area contributed by atoms with E-state index in [1.807, 2.05) is 19.2 Å². The summed E-state index contributed by atoms with van der Waals surface area (Å²) in [5.41, 5.74) is 1.12. The lowest BCUT2D eigenvalue weighted by molar-refractivity contribution is 0.844. The van der Waals surface area contributed by atoms with E-state index >= 15 is 0 Å². The molecule has 2 aromatic rings. The van der Waals surface area contributed by atoms with E-state index in [1.54, 1.807) is 17.1 Å². The standard InChI is InChI=1S/C9H7Br2N3/c1-6-3-13-14(5-6)9-2-7(10)8(11)4-12-9/h2-5H,1H3. The zero-order valence-electron chi connectivity index (χ0n) is 7.41. The van der Waals surface area contributed by atoms with Gasteiger partial charge in [0.05, 0.1) is 10.7 Å². The Morgan fingerprint density at radius 1 is 1.21 bits per heavy atom. The normalized spacial score (nSPS) is 10.5. The van der Waals surface area contributed by atoms with E-state index in [9.17, 15) is 0 Å². The summed E-state index contributed by atoms with van der Waals surface area (Å²) in [6, 6.07) is 1.91. The Hall–Kier alpha value is -0.680. The zero-order valence-corrected chi connectivity index (χ0v) is 10.6. The van der Waals surface area contributed by atoms with Crippen LogP contribution < -0.4 is 0 Å². The van der Waals surface area contributed by atoms with Gasteiger partial charge in [0.15, 0.2) is 5.82 Å². The smallest absolute Gasteiger partial charge is 0.154 e. The van der Waals surface area contributed by atoms with Gasteiger partial charge in [-0.3, -0.25) is 0 Å². The predicted molar refractivity (Wildman–Crippen MR) is 61.5 cm³/mol. The highest BCUT2D eigenvalue weighted by Gasteiger charge is 2.02. The molecule has 3 nitrogen and oxygen atoms in total. The van der Waals surface area contributed by atoms with Gasteiger partial charge in [0.1, 0.15) is 0 Å². The van der Waals surface area contributed by atoms with Gasteiger partial charge in [-0.1, -0.05) is 0 Å². The molecule has 0 aliphatic heterocycles. The second-order valence-electron chi connectivity index (χ2n) is 2.92. The summed E-state index contributed by atoms with van der Waals surface area (Å²) in [6.07, 6.45) is 5.48. The van der Waals surface area contributed by atoms with Gasteiger partial charge in [0.2, 0.25) is 0 Å². The van der Waals surface area contributed by atoms with E-state index in [-0.39, 0.29) is 0 Å². The first-order chi connectivity index (χ1) is 6.66. The van der Waals surface area contributed by atoms with Crippen molar-refractivity contribution in [2.24, 2.45) is 0 Å². The number of halogens is 2. The number of aryl methyl sites for hydroxylation is 1. The van der Waals surface area contributed by atoms with Crippen LogP contribution in [-0.2, 0) is 0 Å². The minimum Gasteiger partial charge on any atom is -0.236 e. The molecule has 5 heteroatoms. The Balaban J connectivity index is 2.47. The number of hydrogen-bond donors (Lipinski definition) is 0. The molecule has 72 valence electrons. The molecule has 0 bridgehead atoms. The van der Waals surface area contributed by atoms with Gasteiger partial charge in [-0.15, -0.1) is 0 Å². The fourth-order valence-corrected chi connectivity index (χ4v) is 1.59. The molecule has 0 aliphatic rings. The predicted octanol–water partition coefficient (Wildman–Crippen LogP) is 3.10. The maximum Gasteiger partial charge on any atom is 0.154 e. The lowest BCUT2D eigenvalue weighted by Gasteiger charge is -2.01. The van der Waals surface area contributed by atoms with Crippen molar-refractivity contribution in [1.82, 2.24) is 14.8 Å². The van der Waals surface area contributed by atoms with Crippen LogP contribution in [0.1, 0.15) is 5.56 Å². The van der Waals surface area contributed by atoms with Crippen LogP contribution in [0, 0.1) is 6.92 Å². The Morgan fingerprint density at radius 2 is 2.00 bits per heavy atom. The van der Waals surface area contributed by atoms with Gasteiger partial charge < -0.3 is 0 Å². The Morgan fingerprint density at radius 3 is 2.57 bits per heavy atom. The van der Waals surface area contributed by atoms with Crippen molar-refractivity contribution in [1.29, 1.82) is 0 Å². The third kappa shape index (κ3) is 1.88. The average molecular weight is 317 g/mol. The summed E-state index contributed by atoms with van der Waals surface area (Å²) in [7, 11) is 0. The summed E-state index contributed by atoms with van der Waals surface area (Å²) in [5, 5.41) is 4.17. The highest BCUT2D eigenvalue weighted by atomic mass is 79.9. The van der Waals surface area contributed by atoms with Crippen molar-refractivity contribution in [3.8, 4) is 5.82 Å². The molecular formula is C9H7Br2N3. The van der Waals surface area contributed by atoms with Gasteiger partial charge in [-0.2, -0.15) is 5.10 Å². The van der Waals surface area contributed by atoms with Crippen molar-refractivity contribution in [3.05, 3.63) is 39.2 Å². The van der Waals surface area contributed by atoms with Gasteiger partial charge in [0, 0.05) is 16.9 Å². The van der Waals surface area contributed by atoms with Gasteiger partial charge in [-0.25, -0.2) is 9.67 Å². The molecule has 0 fully saturated rings. The van der Waals surface area contributed by atoms with Crippen LogP contribution in [0.3, 0.4) is 0 Å². The number of nitrogens with zero attached hydrogens (tertiary/aromatic N) is 3. The molecule has 2 heterocycles. The lowest BCUT2D eigenvalue weighted by Crippen LogP contribution is -1.97. The van der Waals surface area contributed by atoms with Crippen LogP contribution in [0.25, 0.3) is 5.82 Å². The number of aromatic nitrogens is 3. The van der Waals surface area contributed by atoms with E-state index in [1.165, 1.54) is 0 Å². The first kappa shape index (κ1) is 9.86. The Kier molecular flexibility index (Phi) is 2.69. The highest BCUT2D eigenvalue weighted by Crippen LogP contribution is 2.23. The molecule has 0 amide bonds. The molecule has 0 saturated heterocycles. The van der Waals surface area contributed by atoms with Crippen LogP contribution in [0.4, 0.5) is 0 Å². The first-order valence-corrected chi connectivity index (χ1v) is 5.58. The number of rotatable bonds is 1. The van der Waals surface area contributed by atoms with E-state index < -0.39 is 0 Å². The molecule has 0 atom stereocenters. The van der Waals surface area contributed by atoms with E-state index in [2.05, 4.69) is 41.9 Å². The maximum atomic E-state index is 4.25. The van der Waals surface area contributed by atoms with Crippen molar-refractivity contribution in [3.63, 3.8) is 0 Å². The summed E-state index contributed by atoms with van der Waals surface area (Å²) < 4.78 is 3.65. The third-order valence-electron chi connectivity index (χ3n) is 1.74. The SMILES string of the molecule is Cc1cnn(-c2cc(Br)c(Br)cn2)c1. The summed E-state index contributed by atoms with van der Waals surface area (Å²) >= 11 is 6.79. The summed E-state index contributed by atoms with van der Waals surface area (Å²) in [4.78, 5) is 4.25. The molecule has 2 rings (SSSR count). The lowest BCUT2D eigenvalue weighted by atomic mass is 10.4. The van der Waals surface area contributed by atoms with Crippen LogP contribution in [-0.4, -0.2) is 14.8 Å². The monoisotopic (exact) mass is 315 g/mol. The maximum absolute atomic E-state index is 4.25. The van der Waals surface area contributed by atoms with Crippen LogP contribution >= 0.6 is 31.9 Å². The van der Waals surface area contributed by atoms with Crippen molar-refractivity contribution in [2.45, 2.75) is 6.92 Å². The highest BCUT2D eigenvalue weighted by molar-refractivity contribution is 9.13. The molecule has 0 unspecified atom stereocenters. The zero-order chi connectivity index (χ0) is 10.1. The first-order valence-electron chi connectivity index (χ1n) is 3.99. The van der Waals surface area contributed by atoms with Crippen LogP contribution in [0.2, 0.25) is 0 Å². The van der Waals surface area contributed by atoms with Crippen LogP contribution in [0.5, 0.6) is 0 Å². The van der Waals surface area contributed by atoms with E-state index in [0.29, 0.717) is 0 Å². The van der Waals surface area contributed by atoms with Gasteiger partial charge in [0.25, 0.3) is 0 Å². The molecule has 2 aromatic heterocycles. The third-order valence-corrected chi connectivity index (χ3v) is 3.56. The number of hydrogen-bond acceptors (Lipinski definition) is 2. The molecule has 0 aliphatic carbocycles. The van der Waals surface area contributed by atoms with Crippen molar-refractivity contribution < 1.29 is 0 Å². The molecule has 0 radical (unpaired) electrons. The second kappa shape index (κ2) is 3.82. The van der Waals surface area contributed by atoms with Crippen molar-refractivity contribution in [2.75, 3.05) is 0 Å². The quantitative estimate of drug-likeness (QED) is 0.809.